The molecule has 2 aliphatic rings. The highest BCUT2D eigenvalue weighted by Gasteiger charge is 2.44. The number of hydrogen-bond donors (Lipinski definition) is 1. The monoisotopic (exact) mass is 334 g/mol. The smallest absolute Gasteiger partial charge is 0.240 e. The fourth-order valence-corrected chi connectivity index (χ4v) is 3.29. The van der Waals surface area contributed by atoms with E-state index in [0.717, 1.165) is 28.6 Å². The zero-order valence-electron chi connectivity index (χ0n) is 11.0. The van der Waals surface area contributed by atoms with E-state index in [9.17, 15) is 4.79 Å². The molecular formula is C15H15BrN2O2. The summed E-state index contributed by atoms with van der Waals surface area (Å²) >= 11 is 3.48. The average Bonchev–Trinajstić information content (AvgIpc) is 2.83. The third-order valence-electron chi connectivity index (χ3n) is 4.12. The number of nitrogens with one attached hydrogen (secondary N) is 1. The van der Waals surface area contributed by atoms with Crippen LogP contribution in [0.25, 0.3) is 0 Å². The largest absolute Gasteiger partial charge is 0.493 e. The molecule has 104 valence electrons. The minimum absolute atomic E-state index is 0.155. The second kappa shape index (κ2) is 5.10. The van der Waals surface area contributed by atoms with Crippen LogP contribution in [0.2, 0.25) is 0 Å². The van der Waals surface area contributed by atoms with Crippen molar-refractivity contribution in [2.75, 3.05) is 6.61 Å². The molecule has 4 nitrogen and oxygen atoms in total. The van der Waals surface area contributed by atoms with Crippen molar-refractivity contribution in [2.24, 2.45) is 5.41 Å². The molecule has 1 aromatic rings. The molecule has 5 heteroatoms. The molecule has 0 bridgehead atoms. The molecule has 1 aliphatic heterocycles. The van der Waals surface area contributed by atoms with E-state index in [1.54, 1.807) is 0 Å². The summed E-state index contributed by atoms with van der Waals surface area (Å²) in [5.41, 5.74) is 1.34. The fraction of sp³-hybridized carbons (Fsp3) is 0.467. The number of hydrogen-bond acceptors (Lipinski definition) is 3. The second-order valence-electron chi connectivity index (χ2n) is 5.38. The van der Waals surface area contributed by atoms with Crippen LogP contribution in [-0.2, 0) is 17.8 Å². The van der Waals surface area contributed by atoms with Crippen LogP contribution >= 0.6 is 15.9 Å². The first-order chi connectivity index (χ1) is 9.64. The van der Waals surface area contributed by atoms with Crippen molar-refractivity contribution >= 4 is 21.8 Å². The number of carbonyl (C=O) groups is 1. The van der Waals surface area contributed by atoms with Gasteiger partial charge in [-0.3, -0.25) is 4.79 Å². The molecule has 1 aromatic carbocycles. The number of nitrogens with zero attached hydrogens (tertiary/aromatic N) is 1. The molecule has 0 radical (unpaired) electrons. The third kappa shape index (κ3) is 2.18. The molecule has 3 rings (SSSR count). The number of halogens is 1. The highest BCUT2D eigenvalue weighted by Crippen LogP contribution is 2.40. The maximum atomic E-state index is 12.2. The summed E-state index contributed by atoms with van der Waals surface area (Å²) in [7, 11) is 0. The Morgan fingerprint density at radius 3 is 2.95 bits per heavy atom. The highest BCUT2D eigenvalue weighted by atomic mass is 79.9. The van der Waals surface area contributed by atoms with E-state index in [1.807, 2.05) is 6.07 Å². The molecule has 1 aliphatic carbocycles. The van der Waals surface area contributed by atoms with Crippen molar-refractivity contribution in [1.82, 2.24) is 5.32 Å². The predicted octanol–water partition coefficient (Wildman–Crippen LogP) is 2.69. The fourth-order valence-electron chi connectivity index (χ4n) is 2.74. The lowest BCUT2D eigenvalue weighted by molar-refractivity contribution is -0.131. The number of carbonyl (C=O) groups excluding carboxylic acids is 1. The van der Waals surface area contributed by atoms with Gasteiger partial charge in [-0.25, -0.2) is 0 Å². The first-order valence-corrected chi connectivity index (χ1v) is 7.57. The predicted molar refractivity (Wildman–Crippen MR) is 77.1 cm³/mol. The van der Waals surface area contributed by atoms with Crippen LogP contribution in [0.5, 0.6) is 5.75 Å². The third-order valence-corrected chi connectivity index (χ3v) is 4.58. The van der Waals surface area contributed by atoms with Crippen molar-refractivity contribution in [3.8, 4) is 11.8 Å². The van der Waals surface area contributed by atoms with Crippen molar-refractivity contribution in [3.63, 3.8) is 0 Å². The SMILES string of the molecule is N#CC1(C(=O)NCc2cc(Br)cc3c2OCC3)CCC1. The lowest BCUT2D eigenvalue weighted by Gasteiger charge is -2.33. The van der Waals surface area contributed by atoms with Crippen LogP contribution < -0.4 is 10.1 Å². The van der Waals surface area contributed by atoms with Crippen molar-refractivity contribution in [1.29, 1.82) is 5.26 Å². The zero-order valence-corrected chi connectivity index (χ0v) is 12.6. The Bertz CT molecular complexity index is 603. The summed E-state index contributed by atoms with van der Waals surface area (Å²) in [6.45, 7) is 1.10. The van der Waals surface area contributed by atoms with Crippen LogP contribution in [0.4, 0.5) is 0 Å². The van der Waals surface area contributed by atoms with E-state index in [4.69, 9.17) is 10.00 Å². The number of ether oxygens (including phenoxy) is 1. The van der Waals surface area contributed by atoms with Crippen LogP contribution in [-0.4, -0.2) is 12.5 Å². The zero-order chi connectivity index (χ0) is 14.2. The molecular weight excluding hydrogens is 320 g/mol. The first-order valence-electron chi connectivity index (χ1n) is 6.78. The van der Waals surface area contributed by atoms with Crippen LogP contribution in [0, 0.1) is 16.7 Å². The maximum Gasteiger partial charge on any atom is 0.240 e. The topological polar surface area (TPSA) is 62.1 Å². The molecule has 0 aromatic heterocycles. The number of benzene rings is 1. The van der Waals surface area contributed by atoms with E-state index in [1.165, 1.54) is 5.56 Å². The molecule has 1 amide bonds. The molecule has 0 spiro atoms. The van der Waals surface area contributed by atoms with Gasteiger partial charge in [0.05, 0.1) is 12.7 Å². The van der Waals surface area contributed by atoms with Gasteiger partial charge in [0.15, 0.2) is 0 Å². The van der Waals surface area contributed by atoms with Crippen molar-refractivity contribution in [3.05, 3.63) is 27.7 Å². The molecule has 0 saturated heterocycles. The van der Waals surface area contributed by atoms with Gasteiger partial charge in [0.2, 0.25) is 5.91 Å². The first kappa shape index (κ1) is 13.4. The van der Waals surface area contributed by atoms with Gasteiger partial charge >= 0.3 is 0 Å². The van der Waals surface area contributed by atoms with Gasteiger partial charge < -0.3 is 10.1 Å². The van der Waals surface area contributed by atoms with Gasteiger partial charge in [-0.15, -0.1) is 0 Å². The summed E-state index contributed by atoms with van der Waals surface area (Å²) in [5, 5.41) is 12.0. The maximum absolute atomic E-state index is 12.2. The Kier molecular flexibility index (Phi) is 3.43. The summed E-state index contributed by atoms with van der Waals surface area (Å²) in [5.74, 6) is 0.728. The summed E-state index contributed by atoms with van der Waals surface area (Å²) < 4.78 is 6.62. The second-order valence-corrected chi connectivity index (χ2v) is 6.30. The average molecular weight is 335 g/mol. The van der Waals surface area contributed by atoms with Crippen LogP contribution in [0.3, 0.4) is 0 Å². The number of nitriles is 1. The Morgan fingerprint density at radius 1 is 1.50 bits per heavy atom. The van der Waals surface area contributed by atoms with E-state index in [2.05, 4.69) is 33.4 Å². The molecule has 20 heavy (non-hydrogen) atoms. The lowest BCUT2D eigenvalue weighted by atomic mass is 9.69. The van der Waals surface area contributed by atoms with E-state index < -0.39 is 5.41 Å². The minimum atomic E-state index is -0.796. The van der Waals surface area contributed by atoms with Gasteiger partial charge in [-0.2, -0.15) is 5.26 Å². The Morgan fingerprint density at radius 2 is 2.30 bits per heavy atom. The standard InChI is InChI=1S/C15H15BrN2O2/c16-12-6-10-2-5-20-13(10)11(7-12)8-18-14(19)15(9-17)3-1-4-15/h6-7H,1-5,8H2,(H,18,19). The minimum Gasteiger partial charge on any atom is -0.493 e. The molecule has 1 saturated carbocycles. The Balaban J connectivity index is 1.73. The highest BCUT2D eigenvalue weighted by molar-refractivity contribution is 9.10. The van der Waals surface area contributed by atoms with Gasteiger partial charge in [0.1, 0.15) is 11.2 Å². The summed E-state index contributed by atoms with van der Waals surface area (Å²) in [6.07, 6.45) is 3.19. The molecule has 1 heterocycles. The molecule has 1 fully saturated rings. The van der Waals surface area contributed by atoms with Crippen LogP contribution in [0.1, 0.15) is 30.4 Å². The number of fused-ring (bicyclic) bond motifs is 1. The van der Waals surface area contributed by atoms with Crippen LogP contribution in [0.15, 0.2) is 16.6 Å². The van der Waals surface area contributed by atoms with Gasteiger partial charge in [0.25, 0.3) is 0 Å². The van der Waals surface area contributed by atoms with E-state index >= 15 is 0 Å². The van der Waals surface area contributed by atoms with Crippen molar-refractivity contribution in [2.45, 2.75) is 32.2 Å². The Labute approximate surface area is 126 Å². The molecule has 0 unspecified atom stereocenters. The van der Waals surface area contributed by atoms with Gasteiger partial charge in [0, 0.05) is 23.0 Å². The quantitative estimate of drug-likeness (QED) is 0.924. The van der Waals surface area contributed by atoms with E-state index in [-0.39, 0.29) is 5.91 Å². The summed E-state index contributed by atoms with van der Waals surface area (Å²) in [4.78, 5) is 12.2. The lowest BCUT2D eigenvalue weighted by Crippen LogP contribution is -2.44. The number of amides is 1. The molecule has 1 N–H and O–H groups in total. The Hall–Kier alpha value is -1.54. The number of rotatable bonds is 3. The molecule has 0 atom stereocenters. The van der Waals surface area contributed by atoms with Gasteiger partial charge in [-0.1, -0.05) is 15.9 Å². The normalized spacial score (nSPS) is 18.4. The van der Waals surface area contributed by atoms with E-state index in [0.29, 0.717) is 26.0 Å². The summed E-state index contributed by atoms with van der Waals surface area (Å²) in [6, 6.07) is 6.18. The van der Waals surface area contributed by atoms with Crippen molar-refractivity contribution < 1.29 is 9.53 Å². The van der Waals surface area contributed by atoms with Gasteiger partial charge in [-0.05, 0) is 37.0 Å².